The molecule has 0 radical (unpaired) electrons. The first-order valence-electron chi connectivity index (χ1n) is 7.66. The SMILES string of the molecule is COc1ccc(C(=O)OCC(=O)N[C@H](C)c2ccc(C)cc2)cc1. The molecule has 0 heterocycles. The van der Waals surface area contributed by atoms with Crippen LogP contribution < -0.4 is 10.1 Å². The molecule has 1 atom stereocenters. The minimum absolute atomic E-state index is 0.155. The highest BCUT2D eigenvalue weighted by molar-refractivity contribution is 5.91. The average molecular weight is 327 g/mol. The van der Waals surface area contributed by atoms with Gasteiger partial charge >= 0.3 is 5.97 Å². The van der Waals surface area contributed by atoms with Crippen LogP contribution in [0.4, 0.5) is 0 Å². The summed E-state index contributed by atoms with van der Waals surface area (Å²) in [5, 5.41) is 2.80. The normalized spacial score (nSPS) is 11.5. The predicted octanol–water partition coefficient (Wildman–Crippen LogP) is 3.04. The van der Waals surface area contributed by atoms with Crippen molar-refractivity contribution in [3.05, 3.63) is 65.2 Å². The molecular formula is C19H21NO4. The lowest BCUT2D eigenvalue weighted by Crippen LogP contribution is -2.31. The van der Waals surface area contributed by atoms with Gasteiger partial charge in [0.15, 0.2) is 6.61 Å². The number of hydrogen-bond donors (Lipinski definition) is 1. The van der Waals surface area contributed by atoms with Crippen molar-refractivity contribution >= 4 is 11.9 Å². The topological polar surface area (TPSA) is 64.6 Å². The fourth-order valence-corrected chi connectivity index (χ4v) is 2.16. The van der Waals surface area contributed by atoms with Crippen LogP contribution in [0.25, 0.3) is 0 Å². The molecular weight excluding hydrogens is 306 g/mol. The predicted molar refractivity (Wildman–Crippen MR) is 91.0 cm³/mol. The molecule has 5 nitrogen and oxygen atoms in total. The Balaban J connectivity index is 1.83. The second-order valence-electron chi connectivity index (χ2n) is 5.50. The Morgan fingerprint density at radius 1 is 1.04 bits per heavy atom. The van der Waals surface area contributed by atoms with Crippen molar-refractivity contribution in [3.8, 4) is 5.75 Å². The van der Waals surface area contributed by atoms with Crippen LogP contribution in [0.1, 0.15) is 34.5 Å². The zero-order valence-electron chi connectivity index (χ0n) is 14.0. The van der Waals surface area contributed by atoms with Crippen LogP contribution >= 0.6 is 0 Å². The largest absolute Gasteiger partial charge is 0.497 e. The summed E-state index contributed by atoms with van der Waals surface area (Å²) in [5.74, 6) is -0.239. The first kappa shape index (κ1) is 17.5. The van der Waals surface area contributed by atoms with Gasteiger partial charge in [-0.05, 0) is 43.7 Å². The molecule has 0 saturated heterocycles. The standard InChI is InChI=1S/C19H21NO4/c1-13-4-6-15(7-5-13)14(2)20-18(21)12-24-19(22)16-8-10-17(23-3)11-9-16/h4-11,14H,12H2,1-3H3,(H,20,21)/t14-/m1/s1. The molecule has 0 saturated carbocycles. The number of methoxy groups -OCH3 is 1. The summed E-state index contributed by atoms with van der Waals surface area (Å²) in [6.07, 6.45) is 0. The average Bonchev–Trinajstić information content (AvgIpc) is 2.60. The van der Waals surface area contributed by atoms with Gasteiger partial charge in [0.1, 0.15) is 5.75 Å². The number of esters is 1. The fourth-order valence-electron chi connectivity index (χ4n) is 2.16. The van der Waals surface area contributed by atoms with Gasteiger partial charge in [0.25, 0.3) is 5.91 Å². The van der Waals surface area contributed by atoms with Crippen molar-refractivity contribution in [2.75, 3.05) is 13.7 Å². The number of nitrogens with one attached hydrogen (secondary N) is 1. The van der Waals surface area contributed by atoms with Crippen molar-refractivity contribution in [1.82, 2.24) is 5.32 Å². The minimum Gasteiger partial charge on any atom is -0.497 e. The van der Waals surface area contributed by atoms with Gasteiger partial charge in [-0.25, -0.2) is 4.79 Å². The quantitative estimate of drug-likeness (QED) is 0.828. The maximum absolute atomic E-state index is 11.9. The number of aryl methyl sites for hydroxylation is 1. The number of carbonyl (C=O) groups is 2. The van der Waals surface area contributed by atoms with E-state index in [0.29, 0.717) is 11.3 Å². The molecule has 126 valence electrons. The van der Waals surface area contributed by atoms with E-state index in [9.17, 15) is 9.59 Å². The third kappa shape index (κ3) is 4.84. The van der Waals surface area contributed by atoms with Crippen LogP contribution in [0.5, 0.6) is 5.75 Å². The Bertz CT molecular complexity index is 692. The summed E-state index contributed by atoms with van der Waals surface area (Å²) in [6.45, 7) is 3.57. The third-order valence-electron chi connectivity index (χ3n) is 3.61. The molecule has 5 heteroatoms. The van der Waals surface area contributed by atoms with E-state index in [1.807, 2.05) is 38.1 Å². The summed E-state index contributed by atoms with van der Waals surface area (Å²) in [7, 11) is 1.55. The lowest BCUT2D eigenvalue weighted by atomic mass is 10.1. The van der Waals surface area contributed by atoms with Crippen LogP contribution in [-0.4, -0.2) is 25.6 Å². The van der Waals surface area contributed by atoms with Crippen LogP contribution in [0.3, 0.4) is 0 Å². The molecule has 2 rings (SSSR count). The van der Waals surface area contributed by atoms with Gasteiger partial charge in [-0.2, -0.15) is 0 Å². The molecule has 0 fully saturated rings. The molecule has 0 bridgehead atoms. The second kappa shape index (κ2) is 8.15. The van der Waals surface area contributed by atoms with Gasteiger partial charge in [0.05, 0.1) is 18.7 Å². The highest BCUT2D eigenvalue weighted by Gasteiger charge is 2.13. The maximum atomic E-state index is 11.9. The number of benzene rings is 2. The maximum Gasteiger partial charge on any atom is 0.338 e. The van der Waals surface area contributed by atoms with E-state index < -0.39 is 5.97 Å². The minimum atomic E-state index is -0.546. The summed E-state index contributed by atoms with van der Waals surface area (Å²) >= 11 is 0. The van der Waals surface area contributed by atoms with Gasteiger partial charge in [-0.15, -0.1) is 0 Å². The summed E-state index contributed by atoms with van der Waals surface area (Å²) < 4.78 is 10.1. The van der Waals surface area contributed by atoms with E-state index >= 15 is 0 Å². The Hall–Kier alpha value is -2.82. The van der Waals surface area contributed by atoms with Gasteiger partial charge < -0.3 is 14.8 Å². The highest BCUT2D eigenvalue weighted by Crippen LogP contribution is 2.14. The monoisotopic (exact) mass is 327 g/mol. The van der Waals surface area contributed by atoms with Crippen LogP contribution in [0.15, 0.2) is 48.5 Å². The van der Waals surface area contributed by atoms with Gasteiger partial charge in [0.2, 0.25) is 0 Å². The first-order chi connectivity index (χ1) is 11.5. The smallest absolute Gasteiger partial charge is 0.338 e. The Morgan fingerprint density at radius 3 is 2.25 bits per heavy atom. The molecule has 0 aliphatic heterocycles. The molecule has 2 aromatic carbocycles. The van der Waals surface area contributed by atoms with E-state index in [2.05, 4.69) is 5.32 Å². The summed E-state index contributed by atoms with van der Waals surface area (Å²) in [4.78, 5) is 23.8. The lowest BCUT2D eigenvalue weighted by Gasteiger charge is -2.14. The zero-order chi connectivity index (χ0) is 17.5. The molecule has 1 amide bonds. The Morgan fingerprint density at radius 2 is 1.67 bits per heavy atom. The van der Waals surface area contributed by atoms with Crippen molar-refractivity contribution in [3.63, 3.8) is 0 Å². The van der Waals surface area contributed by atoms with Crippen LogP contribution in [0.2, 0.25) is 0 Å². The van der Waals surface area contributed by atoms with E-state index in [1.165, 1.54) is 0 Å². The number of ether oxygens (including phenoxy) is 2. The molecule has 2 aromatic rings. The van der Waals surface area contributed by atoms with Gasteiger partial charge in [0, 0.05) is 0 Å². The van der Waals surface area contributed by atoms with E-state index in [0.717, 1.165) is 11.1 Å². The van der Waals surface area contributed by atoms with E-state index in [4.69, 9.17) is 9.47 Å². The third-order valence-corrected chi connectivity index (χ3v) is 3.61. The van der Waals surface area contributed by atoms with Gasteiger partial charge in [-0.1, -0.05) is 29.8 Å². The highest BCUT2D eigenvalue weighted by atomic mass is 16.5. The molecule has 1 N–H and O–H groups in total. The summed E-state index contributed by atoms with van der Waals surface area (Å²) in [5.41, 5.74) is 2.52. The molecule has 0 unspecified atom stereocenters. The number of amides is 1. The Kier molecular flexibility index (Phi) is 5.95. The number of hydrogen-bond acceptors (Lipinski definition) is 4. The van der Waals surface area contributed by atoms with Crippen molar-refractivity contribution in [2.24, 2.45) is 0 Å². The van der Waals surface area contributed by atoms with Crippen molar-refractivity contribution in [2.45, 2.75) is 19.9 Å². The van der Waals surface area contributed by atoms with E-state index in [1.54, 1.807) is 31.4 Å². The summed E-state index contributed by atoms with van der Waals surface area (Å²) in [6, 6.07) is 14.3. The Labute approximate surface area is 141 Å². The second-order valence-corrected chi connectivity index (χ2v) is 5.50. The molecule has 0 aliphatic rings. The zero-order valence-corrected chi connectivity index (χ0v) is 14.0. The van der Waals surface area contributed by atoms with Crippen molar-refractivity contribution in [1.29, 1.82) is 0 Å². The van der Waals surface area contributed by atoms with E-state index in [-0.39, 0.29) is 18.6 Å². The lowest BCUT2D eigenvalue weighted by molar-refractivity contribution is -0.124. The van der Waals surface area contributed by atoms with Crippen LogP contribution in [-0.2, 0) is 9.53 Å². The van der Waals surface area contributed by atoms with Crippen molar-refractivity contribution < 1.29 is 19.1 Å². The number of rotatable bonds is 6. The molecule has 0 aliphatic carbocycles. The van der Waals surface area contributed by atoms with Gasteiger partial charge in [-0.3, -0.25) is 4.79 Å². The van der Waals surface area contributed by atoms with Crippen LogP contribution in [0, 0.1) is 6.92 Å². The molecule has 0 aromatic heterocycles. The molecule has 24 heavy (non-hydrogen) atoms. The molecule has 0 spiro atoms. The fraction of sp³-hybridized carbons (Fsp3) is 0.263. The first-order valence-corrected chi connectivity index (χ1v) is 7.66. The number of carbonyl (C=O) groups excluding carboxylic acids is 2.